The lowest BCUT2D eigenvalue weighted by molar-refractivity contribution is -0.119. The van der Waals surface area contributed by atoms with Crippen LogP contribution < -0.4 is 14.8 Å². The van der Waals surface area contributed by atoms with Crippen LogP contribution in [-0.2, 0) is 4.79 Å². The highest BCUT2D eigenvalue weighted by atomic mass is 16.5. The minimum Gasteiger partial charge on any atom is -0.497 e. The minimum atomic E-state index is -0.193. The summed E-state index contributed by atoms with van der Waals surface area (Å²) in [4.78, 5) is 35.0. The van der Waals surface area contributed by atoms with Crippen molar-refractivity contribution in [1.82, 2.24) is 19.8 Å². The molecule has 0 saturated carbocycles. The zero-order chi connectivity index (χ0) is 19.2. The number of benzene rings is 1. The van der Waals surface area contributed by atoms with Crippen LogP contribution in [0.4, 0.5) is 11.5 Å². The quantitative estimate of drug-likeness (QED) is 0.761. The Kier molecular flexibility index (Phi) is 5.70. The molecule has 3 rings (SSSR count). The molecule has 1 aromatic heterocycles. The number of hydrogen-bond acceptors (Lipinski definition) is 7. The smallest absolute Gasteiger partial charge is 0.274 e. The lowest BCUT2D eigenvalue weighted by atomic mass is 10.2. The molecule has 9 heteroatoms. The van der Waals surface area contributed by atoms with Crippen LogP contribution in [0.5, 0.6) is 11.5 Å². The van der Waals surface area contributed by atoms with Crippen LogP contribution in [0.1, 0.15) is 10.5 Å². The van der Waals surface area contributed by atoms with E-state index < -0.39 is 0 Å². The Labute approximate surface area is 156 Å². The maximum Gasteiger partial charge on any atom is 0.274 e. The molecule has 1 N–H and O–H groups in total. The predicted octanol–water partition coefficient (Wildman–Crippen LogP) is 1.15. The monoisotopic (exact) mass is 371 g/mol. The van der Waals surface area contributed by atoms with Gasteiger partial charge in [0.25, 0.3) is 5.91 Å². The molecule has 2 heterocycles. The maximum atomic E-state index is 12.5. The summed E-state index contributed by atoms with van der Waals surface area (Å²) < 4.78 is 10.5. The van der Waals surface area contributed by atoms with Gasteiger partial charge in [-0.2, -0.15) is 0 Å². The molecule has 1 aromatic carbocycles. The number of nitrogens with one attached hydrogen (secondary N) is 1. The number of nitrogens with zero attached hydrogens (tertiary/aromatic N) is 4. The largest absolute Gasteiger partial charge is 0.497 e. The number of carbonyl (C=O) groups is 2. The van der Waals surface area contributed by atoms with Gasteiger partial charge in [0.05, 0.1) is 32.3 Å². The molecule has 27 heavy (non-hydrogen) atoms. The fourth-order valence-corrected chi connectivity index (χ4v) is 2.74. The number of piperazine rings is 1. The number of anilines is 2. The summed E-state index contributed by atoms with van der Waals surface area (Å²) in [6.07, 6.45) is 3.74. The van der Waals surface area contributed by atoms with E-state index in [0.29, 0.717) is 49.2 Å². The van der Waals surface area contributed by atoms with Crippen LogP contribution in [0.15, 0.2) is 30.6 Å². The van der Waals surface area contributed by atoms with Crippen molar-refractivity contribution < 1.29 is 19.1 Å². The average Bonchev–Trinajstić information content (AvgIpc) is 2.74. The zero-order valence-corrected chi connectivity index (χ0v) is 15.2. The number of methoxy groups -OCH3 is 2. The van der Waals surface area contributed by atoms with E-state index >= 15 is 0 Å². The normalized spacial score (nSPS) is 13.9. The third-order valence-corrected chi connectivity index (χ3v) is 4.29. The first kappa shape index (κ1) is 18.4. The third-order valence-electron chi connectivity index (χ3n) is 4.29. The summed E-state index contributed by atoms with van der Waals surface area (Å²) in [7, 11) is 3.15. The number of ether oxygens (including phenoxy) is 2. The lowest BCUT2D eigenvalue weighted by Gasteiger charge is -2.32. The van der Waals surface area contributed by atoms with Gasteiger partial charge in [0.15, 0.2) is 0 Å². The van der Waals surface area contributed by atoms with Crippen molar-refractivity contribution >= 4 is 23.8 Å². The van der Waals surface area contributed by atoms with Crippen LogP contribution >= 0.6 is 0 Å². The Morgan fingerprint density at radius 3 is 2.48 bits per heavy atom. The first-order chi connectivity index (χ1) is 13.1. The molecule has 0 bridgehead atoms. The number of aromatic nitrogens is 2. The second-order valence-electron chi connectivity index (χ2n) is 5.91. The summed E-state index contributed by atoms with van der Waals surface area (Å²) in [5.41, 5.74) is 0.971. The van der Waals surface area contributed by atoms with Crippen LogP contribution in [0.25, 0.3) is 0 Å². The number of hydrogen-bond donors (Lipinski definition) is 1. The van der Waals surface area contributed by atoms with Gasteiger partial charge in [-0.3, -0.25) is 9.59 Å². The van der Waals surface area contributed by atoms with Gasteiger partial charge >= 0.3 is 0 Å². The Hall–Kier alpha value is -3.36. The number of carbonyl (C=O) groups excluding carboxylic acids is 2. The van der Waals surface area contributed by atoms with Crippen molar-refractivity contribution in [3.63, 3.8) is 0 Å². The van der Waals surface area contributed by atoms with E-state index in [1.54, 1.807) is 36.2 Å². The Morgan fingerprint density at radius 2 is 1.89 bits per heavy atom. The lowest BCUT2D eigenvalue weighted by Crippen LogP contribution is -2.48. The fraction of sp³-hybridized carbons (Fsp3) is 0.333. The summed E-state index contributed by atoms with van der Waals surface area (Å²) in [6, 6.07) is 5.37. The SMILES string of the molecule is COc1ccc(Nc2cnc(C(=O)N3CCN(C=O)CC3)cn2)c(OC)c1. The highest BCUT2D eigenvalue weighted by Gasteiger charge is 2.22. The molecule has 142 valence electrons. The average molecular weight is 371 g/mol. The van der Waals surface area contributed by atoms with Crippen LogP contribution in [0.2, 0.25) is 0 Å². The van der Waals surface area contributed by atoms with E-state index in [0.717, 1.165) is 6.41 Å². The van der Waals surface area contributed by atoms with Gasteiger partial charge < -0.3 is 24.6 Å². The highest BCUT2D eigenvalue weighted by molar-refractivity contribution is 5.92. The summed E-state index contributed by atoms with van der Waals surface area (Å²) in [5.74, 6) is 1.57. The molecule has 1 saturated heterocycles. The van der Waals surface area contributed by atoms with E-state index in [2.05, 4.69) is 15.3 Å². The molecule has 1 aliphatic heterocycles. The molecule has 9 nitrogen and oxygen atoms in total. The molecule has 2 amide bonds. The second-order valence-corrected chi connectivity index (χ2v) is 5.91. The van der Waals surface area contributed by atoms with Gasteiger partial charge in [0, 0.05) is 32.2 Å². The van der Waals surface area contributed by atoms with Gasteiger partial charge in [0.2, 0.25) is 6.41 Å². The summed E-state index contributed by atoms with van der Waals surface area (Å²) >= 11 is 0. The molecule has 1 aliphatic rings. The van der Waals surface area contributed by atoms with Crippen molar-refractivity contribution in [2.75, 3.05) is 45.7 Å². The molecule has 2 aromatic rings. The van der Waals surface area contributed by atoms with E-state index in [4.69, 9.17) is 9.47 Å². The first-order valence-electron chi connectivity index (χ1n) is 8.44. The van der Waals surface area contributed by atoms with E-state index in [9.17, 15) is 9.59 Å². The van der Waals surface area contributed by atoms with E-state index in [-0.39, 0.29) is 11.6 Å². The van der Waals surface area contributed by atoms with Crippen LogP contribution in [0.3, 0.4) is 0 Å². The van der Waals surface area contributed by atoms with Gasteiger partial charge in [-0.15, -0.1) is 0 Å². The van der Waals surface area contributed by atoms with Gasteiger partial charge in [-0.1, -0.05) is 0 Å². The molecule has 0 atom stereocenters. The highest BCUT2D eigenvalue weighted by Crippen LogP contribution is 2.30. The Morgan fingerprint density at radius 1 is 1.11 bits per heavy atom. The van der Waals surface area contributed by atoms with Crippen molar-refractivity contribution in [3.05, 3.63) is 36.3 Å². The summed E-state index contributed by atoms with van der Waals surface area (Å²) in [6.45, 7) is 2.03. The van der Waals surface area contributed by atoms with Gasteiger partial charge in [-0.25, -0.2) is 9.97 Å². The van der Waals surface area contributed by atoms with Crippen molar-refractivity contribution in [3.8, 4) is 11.5 Å². The molecule has 1 fully saturated rings. The van der Waals surface area contributed by atoms with Crippen molar-refractivity contribution in [1.29, 1.82) is 0 Å². The van der Waals surface area contributed by atoms with E-state index in [1.807, 2.05) is 6.07 Å². The van der Waals surface area contributed by atoms with Crippen molar-refractivity contribution in [2.45, 2.75) is 0 Å². The molecular weight excluding hydrogens is 350 g/mol. The maximum absolute atomic E-state index is 12.5. The Bertz CT molecular complexity index is 804. The molecular formula is C18H21N5O4. The van der Waals surface area contributed by atoms with E-state index in [1.165, 1.54) is 12.4 Å². The second kappa shape index (κ2) is 8.35. The predicted molar refractivity (Wildman–Crippen MR) is 98.4 cm³/mol. The van der Waals surface area contributed by atoms with Gasteiger partial charge in [-0.05, 0) is 12.1 Å². The van der Waals surface area contributed by atoms with Crippen LogP contribution in [-0.4, -0.2) is 72.5 Å². The zero-order valence-electron chi connectivity index (χ0n) is 15.2. The molecule has 0 aliphatic carbocycles. The molecule has 0 unspecified atom stereocenters. The fourth-order valence-electron chi connectivity index (χ4n) is 2.74. The van der Waals surface area contributed by atoms with Crippen molar-refractivity contribution in [2.24, 2.45) is 0 Å². The topological polar surface area (TPSA) is 96.9 Å². The molecule has 0 spiro atoms. The Balaban J connectivity index is 1.67. The number of rotatable bonds is 6. The molecule has 0 radical (unpaired) electrons. The standard InChI is InChI=1S/C18H21N5O4/c1-26-13-3-4-14(16(9-13)27-2)21-17-11-19-15(10-20-17)18(25)23-7-5-22(12-24)6-8-23/h3-4,9-12H,5-8H2,1-2H3,(H,20,21). The van der Waals surface area contributed by atoms with Crippen LogP contribution in [0, 0.1) is 0 Å². The minimum absolute atomic E-state index is 0.193. The first-order valence-corrected chi connectivity index (χ1v) is 8.44. The van der Waals surface area contributed by atoms with Gasteiger partial charge in [0.1, 0.15) is 23.0 Å². The summed E-state index contributed by atoms with van der Waals surface area (Å²) in [5, 5.41) is 3.11. The number of amides is 2. The third kappa shape index (κ3) is 4.25.